The number of methoxy groups -OCH3 is 1. The summed E-state index contributed by atoms with van der Waals surface area (Å²) >= 11 is 5.93. The molecule has 0 saturated heterocycles. The second-order valence-corrected chi connectivity index (χ2v) is 5.02. The van der Waals surface area contributed by atoms with Gasteiger partial charge < -0.3 is 15.4 Å². The van der Waals surface area contributed by atoms with Crippen LogP contribution in [0.15, 0.2) is 24.3 Å². The number of ether oxygens (including phenoxy) is 1. The molecule has 1 aromatic rings. The van der Waals surface area contributed by atoms with Crippen LogP contribution in [0.5, 0.6) is 0 Å². The molecule has 2 N–H and O–H groups in total. The first-order valence-corrected chi connectivity index (χ1v) is 6.68. The van der Waals surface area contributed by atoms with Crippen LogP contribution in [0.4, 0.5) is 0 Å². The molecule has 1 aromatic carbocycles. The molecule has 4 nitrogen and oxygen atoms in total. The molecule has 0 aromatic heterocycles. The lowest BCUT2D eigenvalue weighted by molar-refractivity contribution is -0.121. The summed E-state index contributed by atoms with van der Waals surface area (Å²) in [5, 5.41) is 6.71. The fraction of sp³-hybridized carbons (Fsp3) is 0.500. The molecule has 0 radical (unpaired) electrons. The van der Waals surface area contributed by atoms with Crippen LogP contribution in [-0.4, -0.2) is 32.2 Å². The van der Waals surface area contributed by atoms with Gasteiger partial charge in [0.25, 0.3) is 0 Å². The molecule has 0 fully saturated rings. The highest BCUT2D eigenvalue weighted by atomic mass is 35.5. The lowest BCUT2D eigenvalue weighted by atomic mass is 10.1. The van der Waals surface area contributed by atoms with Gasteiger partial charge in [-0.25, -0.2) is 0 Å². The summed E-state index contributed by atoms with van der Waals surface area (Å²) in [7, 11) is 1.61. The number of hydrogen-bond acceptors (Lipinski definition) is 3. The molecule has 0 aliphatic rings. The van der Waals surface area contributed by atoms with Crippen LogP contribution in [0.2, 0.25) is 5.02 Å². The molecule has 0 bridgehead atoms. The van der Waals surface area contributed by atoms with Crippen molar-refractivity contribution in [1.82, 2.24) is 10.6 Å². The van der Waals surface area contributed by atoms with Gasteiger partial charge in [0, 0.05) is 24.2 Å². The van der Waals surface area contributed by atoms with Gasteiger partial charge in [-0.15, -0.1) is 0 Å². The highest BCUT2D eigenvalue weighted by molar-refractivity contribution is 6.30. The fourth-order valence-electron chi connectivity index (χ4n) is 1.76. The third-order valence-corrected chi connectivity index (χ3v) is 2.98. The van der Waals surface area contributed by atoms with Crippen molar-refractivity contribution in [2.45, 2.75) is 25.9 Å². The predicted molar refractivity (Wildman–Crippen MR) is 77.4 cm³/mol. The summed E-state index contributed by atoms with van der Waals surface area (Å²) in [5.74, 6) is -0.0431. The maximum absolute atomic E-state index is 11.7. The molecule has 0 heterocycles. The van der Waals surface area contributed by atoms with Gasteiger partial charge in [-0.1, -0.05) is 23.7 Å². The molecule has 1 amide bonds. The minimum atomic E-state index is -0.0431. The van der Waals surface area contributed by atoms with Crippen LogP contribution in [0.1, 0.15) is 25.5 Å². The smallest absolute Gasteiger partial charge is 0.234 e. The minimum Gasteiger partial charge on any atom is -0.383 e. The van der Waals surface area contributed by atoms with Gasteiger partial charge >= 0.3 is 0 Å². The van der Waals surface area contributed by atoms with Crippen LogP contribution in [-0.2, 0) is 9.53 Å². The van der Waals surface area contributed by atoms with Crippen LogP contribution in [0.3, 0.4) is 0 Å². The van der Waals surface area contributed by atoms with E-state index in [1.807, 2.05) is 38.1 Å². The Bertz CT molecular complexity index is 412. The van der Waals surface area contributed by atoms with Crippen molar-refractivity contribution >= 4 is 17.5 Å². The Labute approximate surface area is 119 Å². The third-order valence-electron chi connectivity index (χ3n) is 2.74. The second kappa shape index (κ2) is 8.15. The zero-order valence-electron chi connectivity index (χ0n) is 11.6. The van der Waals surface area contributed by atoms with Gasteiger partial charge in [0.05, 0.1) is 13.2 Å². The van der Waals surface area contributed by atoms with Crippen molar-refractivity contribution < 1.29 is 9.53 Å². The second-order valence-electron chi connectivity index (χ2n) is 4.58. The Kier molecular flexibility index (Phi) is 6.84. The van der Waals surface area contributed by atoms with E-state index in [0.717, 1.165) is 5.56 Å². The van der Waals surface area contributed by atoms with E-state index in [1.165, 1.54) is 0 Å². The van der Waals surface area contributed by atoms with Crippen LogP contribution in [0.25, 0.3) is 0 Å². The van der Waals surface area contributed by atoms with E-state index in [-0.39, 0.29) is 24.5 Å². The summed E-state index contributed by atoms with van der Waals surface area (Å²) in [4.78, 5) is 11.7. The van der Waals surface area contributed by atoms with Crippen LogP contribution < -0.4 is 10.6 Å². The molecule has 0 spiro atoms. The molecular weight excluding hydrogens is 264 g/mol. The topological polar surface area (TPSA) is 50.4 Å². The van der Waals surface area contributed by atoms with Gasteiger partial charge in [0.1, 0.15) is 0 Å². The molecular formula is C14H21ClN2O2. The van der Waals surface area contributed by atoms with Crippen LogP contribution >= 0.6 is 11.6 Å². The van der Waals surface area contributed by atoms with E-state index in [1.54, 1.807) is 7.11 Å². The summed E-state index contributed by atoms with van der Waals surface area (Å²) < 4.78 is 4.96. The molecule has 0 aliphatic heterocycles. The Morgan fingerprint density at radius 2 is 2.16 bits per heavy atom. The first-order chi connectivity index (χ1) is 9.02. The van der Waals surface area contributed by atoms with Gasteiger partial charge in [-0.05, 0) is 31.5 Å². The quantitative estimate of drug-likeness (QED) is 0.807. The van der Waals surface area contributed by atoms with Gasteiger partial charge in [0.15, 0.2) is 0 Å². The first kappa shape index (κ1) is 16.0. The number of halogens is 1. The molecule has 0 aliphatic carbocycles. The minimum absolute atomic E-state index is 0.0146. The Hall–Kier alpha value is -1.10. The Balaban J connectivity index is 2.37. The zero-order valence-corrected chi connectivity index (χ0v) is 12.3. The predicted octanol–water partition coefficient (Wildman–Crippen LogP) is 2.14. The lowest BCUT2D eigenvalue weighted by Gasteiger charge is -2.16. The Morgan fingerprint density at radius 3 is 2.79 bits per heavy atom. The number of amides is 1. The fourth-order valence-corrected chi connectivity index (χ4v) is 1.96. The third kappa shape index (κ3) is 6.05. The summed E-state index contributed by atoms with van der Waals surface area (Å²) in [6.45, 7) is 4.68. The van der Waals surface area contributed by atoms with Crippen molar-refractivity contribution in [2.24, 2.45) is 0 Å². The highest BCUT2D eigenvalue weighted by Gasteiger charge is 2.10. The van der Waals surface area contributed by atoms with E-state index in [4.69, 9.17) is 16.3 Å². The Morgan fingerprint density at radius 1 is 1.42 bits per heavy atom. The van der Waals surface area contributed by atoms with Crippen molar-refractivity contribution in [3.05, 3.63) is 34.9 Å². The number of rotatable bonds is 7. The van der Waals surface area contributed by atoms with E-state index in [2.05, 4.69) is 10.6 Å². The number of carbonyl (C=O) groups excluding carboxylic acids is 1. The van der Waals surface area contributed by atoms with Crippen molar-refractivity contribution in [3.8, 4) is 0 Å². The largest absolute Gasteiger partial charge is 0.383 e. The average molecular weight is 285 g/mol. The molecule has 0 saturated carbocycles. The lowest BCUT2D eigenvalue weighted by Crippen LogP contribution is -2.41. The number of benzene rings is 1. The van der Waals surface area contributed by atoms with Gasteiger partial charge in [0.2, 0.25) is 5.91 Å². The molecule has 1 unspecified atom stereocenters. The normalized spacial score (nSPS) is 13.9. The molecule has 2 atom stereocenters. The van der Waals surface area contributed by atoms with Gasteiger partial charge in [-0.2, -0.15) is 0 Å². The summed E-state index contributed by atoms with van der Waals surface area (Å²) in [6, 6.07) is 7.69. The van der Waals surface area contributed by atoms with Crippen molar-refractivity contribution in [2.75, 3.05) is 20.3 Å². The number of hydrogen-bond donors (Lipinski definition) is 2. The number of carbonyl (C=O) groups is 1. The highest BCUT2D eigenvalue weighted by Crippen LogP contribution is 2.16. The van der Waals surface area contributed by atoms with Crippen molar-refractivity contribution in [1.29, 1.82) is 0 Å². The van der Waals surface area contributed by atoms with Gasteiger partial charge in [-0.3, -0.25) is 4.79 Å². The standard InChI is InChI=1S/C14H21ClN2O2/c1-10(9-19-3)17-14(18)8-16-11(2)12-5-4-6-13(15)7-12/h4-7,10-11,16H,8-9H2,1-3H3,(H,17,18)/t10?,11-/m1/s1. The monoisotopic (exact) mass is 284 g/mol. The summed E-state index contributed by atoms with van der Waals surface area (Å²) in [5.41, 5.74) is 1.06. The van der Waals surface area contributed by atoms with Crippen molar-refractivity contribution in [3.63, 3.8) is 0 Å². The average Bonchev–Trinajstić information content (AvgIpc) is 2.36. The van der Waals surface area contributed by atoms with E-state index < -0.39 is 0 Å². The van der Waals surface area contributed by atoms with E-state index in [9.17, 15) is 4.79 Å². The molecule has 19 heavy (non-hydrogen) atoms. The maximum atomic E-state index is 11.7. The van der Waals surface area contributed by atoms with E-state index >= 15 is 0 Å². The number of nitrogens with one attached hydrogen (secondary N) is 2. The molecule has 106 valence electrons. The van der Waals surface area contributed by atoms with Crippen LogP contribution in [0, 0.1) is 0 Å². The van der Waals surface area contributed by atoms with E-state index in [0.29, 0.717) is 11.6 Å². The zero-order chi connectivity index (χ0) is 14.3. The molecule has 1 rings (SSSR count). The molecule has 5 heteroatoms. The SMILES string of the molecule is COCC(C)NC(=O)CN[C@H](C)c1cccc(Cl)c1. The summed E-state index contributed by atoms with van der Waals surface area (Å²) in [6.07, 6.45) is 0. The maximum Gasteiger partial charge on any atom is 0.234 e. The first-order valence-electron chi connectivity index (χ1n) is 6.30.